The van der Waals surface area contributed by atoms with Crippen LogP contribution < -0.4 is 14.8 Å². The van der Waals surface area contributed by atoms with Gasteiger partial charge in [-0.25, -0.2) is 13.1 Å². The lowest BCUT2D eigenvalue weighted by Crippen LogP contribution is -2.31. The summed E-state index contributed by atoms with van der Waals surface area (Å²) < 4.78 is 33.1. The van der Waals surface area contributed by atoms with Crippen LogP contribution in [0.25, 0.3) is 0 Å². The summed E-state index contributed by atoms with van der Waals surface area (Å²) in [5.74, 6) is 0.755. The standard InChI is InChI=1S/C21H21ClN2O3S/c1-27-19-11-9-18(10-12-19)24-21(16-5-3-2-4-6-16)15-23-28(25,26)20-13-7-17(22)8-14-20/h2-14,21,23-24H,15H2,1H3/t21-/m1/s1. The van der Waals surface area contributed by atoms with Crippen LogP contribution in [0.3, 0.4) is 0 Å². The SMILES string of the molecule is COc1ccc(N[C@H](CNS(=O)(=O)c2ccc(Cl)cc2)c2ccccc2)cc1. The van der Waals surface area contributed by atoms with Crippen molar-refractivity contribution in [3.05, 3.63) is 89.4 Å². The Morgan fingerprint density at radius 2 is 1.57 bits per heavy atom. The summed E-state index contributed by atoms with van der Waals surface area (Å²) >= 11 is 5.85. The van der Waals surface area contributed by atoms with Crippen LogP contribution in [0, 0.1) is 0 Å². The van der Waals surface area contributed by atoms with Crippen molar-refractivity contribution in [2.75, 3.05) is 19.0 Å². The molecule has 0 saturated carbocycles. The van der Waals surface area contributed by atoms with Crippen molar-refractivity contribution in [3.63, 3.8) is 0 Å². The van der Waals surface area contributed by atoms with E-state index in [1.807, 2.05) is 54.6 Å². The third-order valence-electron chi connectivity index (χ3n) is 4.23. The molecule has 3 aromatic rings. The quantitative estimate of drug-likeness (QED) is 0.568. The second kappa shape index (κ2) is 9.10. The van der Waals surface area contributed by atoms with E-state index in [4.69, 9.17) is 16.3 Å². The molecule has 0 aliphatic rings. The lowest BCUT2D eigenvalue weighted by molar-refractivity contribution is 0.415. The number of anilines is 1. The van der Waals surface area contributed by atoms with Crippen molar-refractivity contribution in [1.29, 1.82) is 0 Å². The second-order valence-electron chi connectivity index (χ2n) is 6.14. The Hall–Kier alpha value is -2.54. The Kier molecular flexibility index (Phi) is 6.57. The topological polar surface area (TPSA) is 67.4 Å². The Morgan fingerprint density at radius 3 is 2.18 bits per heavy atom. The normalized spacial score (nSPS) is 12.4. The van der Waals surface area contributed by atoms with Gasteiger partial charge in [0, 0.05) is 17.3 Å². The average molecular weight is 417 g/mol. The maximum Gasteiger partial charge on any atom is 0.240 e. The minimum atomic E-state index is -3.65. The summed E-state index contributed by atoms with van der Waals surface area (Å²) in [6.07, 6.45) is 0. The highest BCUT2D eigenvalue weighted by molar-refractivity contribution is 7.89. The minimum absolute atomic E-state index is 0.174. The van der Waals surface area contributed by atoms with Crippen molar-refractivity contribution >= 4 is 27.3 Å². The van der Waals surface area contributed by atoms with Gasteiger partial charge in [-0.1, -0.05) is 41.9 Å². The van der Waals surface area contributed by atoms with Gasteiger partial charge in [-0.05, 0) is 54.1 Å². The van der Waals surface area contributed by atoms with Gasteiger partial charge in [-0.3, -0.25) is 0 Å². The first-order chi connectivity index (χ1) is 13.5. The average Bonchev–Trinajstić information content (AvgIpc) is 2.72. The maximum absolute atomic E-state index is 12.6. The first-order valence-electron chi connectivity index (χ1n) is 8.69. The van der Waals surface area contributed by atoms with Crippen molar-refractivity contribution in [2.45, 2.75) is 10.9 Å². The molecule has 0 aliphatic heterocycles. The van der Waals surface area contributed by atoms with Gasteiger partial charge in [0.15, 0.2) is 0 Å². The van der Waals surface area contributed by atoms with Crippen molar-refractivity contribution in [1.82, 2.24) is 4.72 Å². The maximum atomic E-state index is 12.6. The van der Waals surface area contributed by atoms with Crippen molar-refractivity contribution < 1.29 is 13.2 Å². The van der Waals surface area contributed by atoms with Gasteiger partial charge in [-0.15, -0.1) is 0 Å². The van der Waals surface area contributed by atoms with Crippen LogP contribution in [0.2, 0.25) is 5.02 Å². The molecule has 3 aromatic carbocycles. The predicted molar refractivity (Wildman–Crippen MR) is 112 cm³/mol. The Morgan fingerprint density at radius 1 is 0.929 bits per heavy atom. The van der Waals surface area contributed by atoms with Crippen LogP contribution in [-0.2, 0) is 10.0 Å². The first kappa shape index (κ1) is 20.2. The zero-order valence-electron chi connectivity index (χ0n) is 15.3. The highest BCUT2D eigenvalue weighted by Crippen LogP contribution is 2.22. The molecule has 28 heavy (non-hydrogen) atoms. The second-order valence-corrected chi connectivity index (χ2v) is 8.35. The number of methoxy groups -OCH3 is 1. The molecule has 0 fully saturated rings. The smallest absolute Gasteiger partial charge is 0.240 e. The van der Waals surface area contributed by atoms with Crippen LogP contribution in [0.1, 0.15) is 11.6 Å². The van der Waals surface area contributed by atoms with E-state index in [1.165, 1.54) is 12.1 Å². The Balaban J connectivity index is 1.78. The fraction of sp³-hybridized carbons (Fsp3) is 0.143. The van der Waals surface area contributed by atoms with Gasteiger partial charge >= 0.3 is 0 Å². The predicted octanol–water partition coefficient (Wildman–Crippen LogP) is 4.48. The first-order valence-corrected chi connectivity index (χ1v) is 10.5. The van der Waals surface area contributed by atoms with Gasteiger partial charge in [-0.2, -0.15) is 0 Å². The number of nitrogens with one attached hydrogen (secondary N) is 2. The molecule has 0 amide bonds. The molecule has 0 heterocycles. The molecule has 0 bridgehead atoms. The van der Waals surface area contributed by atoms with E-state index >= 15 is 0 Å². The minimum Gasteiger partial charge on any atom is -0.497 e. The van der Waals surface area contributed by atoms with Crippen molar-refractivity contribution in [2.24, 2.45) is 0 Å². The molecule has 7 heteroatoms. The third-order valence-corrected chi connectivity index (χ3v) is 5.93. The van der Waals surface area contributed by atoms with Gasteiger partial charge in [0.1, 0.15) is 5.75 Å². The number of halogens is 1. The molecule has 1 atom stereocenters. The fourth-order valence-corrected chi connectivity index (χ4v) is 3.89. The highest BCUT2D eigenvalue weighted by Gasteiger charge is 2.18. The van der Waals surface area contributed by atoms with E-state index in [1.54, 1.807) is 19.2 Å². The number of benzene rings is 3. The molecule has 0 spiro atoms. The highest BCUT2D eigenvalue weighted by atomic mass is 35.5. The summed E-state index contributed by atoms with van der Waals surface area (Å²) in [7, 11) is -2.04. The number of sulfonamides is 1. The van der Waals surface area contributed by atoms with Gasteiger partial charge in [0.2, 0.25) is 10.0 Å². The lowest BCUT2D eigenvalue weighted by atomic mass is 10.1. The summed E-state index contributed by atoms with van der Waals surface area (Å²) in [6.45, 7) is 0.182. The molecule has 0 unspecified atom stereocenters. The molecule has 5 nitrogen and oxygen atoms in total. The molecule has 0 aromatic heterocycles. The van der Waals surface area contributed by atoms with Gasteiger partial charge in [0.05, 0.1) is 18.0 Å². The van der Waals surface area contributed by atoms with Crippen LogP contribution in [0.15, 0.2) is 83.8 Å². The van der Waals surface area contributed by atoms with E-state index in [9.17, 15) is 8.42 Å². The molecular formula is C21H21ClN2O3S. The molecule has 0 radical (unpaired) electrons. The summed E-state index contributed by atoms with van der Waals surface area (Å²) in [5, 5.41) is 3.86. The number of rotatable bonds is 8. The zero-order chi connectivity index (χ0) is 20.0. The van der Waals surface area contributed by atoms with Gasteiger partial charge < -0.3 is 10.1 Å². The summed E-state index contributed by atoms with van der Waals surface area (Å²) in [5.41, 5.74) is 1.83. The molecule has 0 aliphatic carbocycles. The molecule has 2 N–H and O–H groups in total. The zero-order valence-corrected chi connectivity index (χ0v) is 16.9. The Bertz CT molecular complexity index is 992. The lowest BCUT2D eigenvalue weighted by Gasteiger charge is -2.21. The third kappa shape index (κ3) is 5.25. The molecule has 0 saturated heterocycles. The van der Waals surface area contributed by atoms with E-state index in [-0.39, 0.29) is 17.5 Å². The van der Waals surface area contributed by atoms with E-state index in [2.05, 4.69) is 10.0 Å². The Labute approximate surface area is 170 Å². The largest absolute Gasteiger partial charge is 0.497 e. The summed E-state index contributed by atoms with van der Waals surface area (Å²) in [6, 6.07) is 23.0. The van der Waals surface area contributed by atoms with E-state index < -0.39 is 10.0 Å². The monoisotopic (exact) mass is 416 g/mol. The number of hydrogen-bond donors (Lipinski definition) is 2. The van der Waals surface area contributed by atoms with Crippen molar-refractivity contribution in [3.8, 4) is 5.75 Å². The number of hydrogen-bond acceptors (Lipinski definition) is 4. The molecule has 3 rings (SSSR count). The van der Waals surface area contributed by atoms with Crippen LogP contribution in [0.5, 0.6) is 5.75 Å². The van der Waals surface area contributed by atoms with Crippen LogP contribution in [0.4, 0.5) is 5.69 Å². The van der Waals surface area contributed by atoms with E-state index in [0.717, 1.165) is 17.0 Å². The number of ether oxygens (including phenoxy) is 1. The van der Waals surface area contributed by atoms with E-state index in [0.29, 0.717) is 5.02 Å². The fourth-order valence-electron chi connectivity index (χ4n) is 2.72. The molecule has 146 valence electrons. The van der Waals surface area contributed by atoms with Crippen LogP contribution >= 0.6 is 11.6 Å². The van der Waals surface area contributed by atoms with Crippen LogP contribution in [-0.4, -0.2) is 22.1 Å². The summed E-state index contributed by atoms with van der Waals surface area (Å²) in [4.78, 5) is 0.174. The van der Waals surface area contributed by atoms with Gasteiger partial charge in [0.25, 0.3) is 0 Å². The molecular weight excluding hydrogens is 396 g/mol.